The fourth-order valence-electron chi connectivity index (χ4n) is 3.08. The molecule has 4 rings (SSSR count). The minimum Gasteiger partial charge on any atom is -0.352 e. The van der Waals surface area contributed by atoms with Crippen LogP contribution in [0.3, 0.4) is 0 Å². The summed E-state index contributed by atoms with van der Waals surface area (Å²) in [7, 11) is 3.86. The Morgan fingerprint density at radius 2 is 2.04 bits per heavy atom. The number of aryl methyl sites for hydroxylation is 2. The molecule has 0 amide bonds. The number of fused-ring (bicyclic) bond motifs is 1. The molecule has 0 atom stereocenters. The normalized spacial score (nSPS) is 15.1. The number of anilines is 1. The summed E-state index contributed by atoms with van der Waals surface area (Å²) >= 11 is 0. The van der Waals surface area contributed by atoms with Gasteiger partial charge in [0.15, 0.2) is 11.5 Å². The zero-order valence-corrected chi connectivity index (χ0v) is 14.6. The average molecular weight is 339 g/mol. The van der Waals surface area contributed by atoms with E-state index >= 15 is 0 Å². The van der Waals surface area contributed by atoms with Crippen LogP contribution >= 0.6 is 0 Å². The van der Waals surface area contributed by atoms with Gasteiger partial charge in [-0.1, -0.05) is 0 Å². The molecule has 130 valence electrons. The van der Waals surface area contributed by atoms with Crippen LogP contribution in [0.15, 0.2) is 35.3 Å². The summed E-state index contributed by atoms with van der Waals surface area (Å²) in [6, 6.07) is 8.08. The molecule has 0 bridgehead atoms. The van der Waals surface area contributed by atoms with Gasteiger partial charge in [0.05, 0.1) is 0 Å². The summed E-state index contributed by atoms with van der Waals surface area (Å²) in [5.41, 5.74) is 1.84. The van der Waals surface area contributed by atoms with Gasteiger partial charge in [-0.3, -0.25) is 9.69 Å². The molecule has 4 heterocycles. The Balaban J connectivity index is 1.40. The molecule has 0 N–H and O–H groups in total. The third-order valence-corrected chi connectivity index (χ3v) is 4.81. The smallest absolute Gasteiger partial charge is 0.250 e. The van der Waals surface area contributed by atoms with Crippen molar-refractivity contribution in [2.24, 2.45) is 7.05 Å². The van der Waals surface area contributed by atoms with Crippen molar-refractivity contribution in [2.45, 2.75) is 19.5 Å². The molecule has 0 spiro atoms. The lowest BCUT2D eigenvalue weighted by atomic mass is 10.1. The van der Waals surface area contributed by atoms with Crippen LogP contribution in [0.4, 0.5) is 5.82 Å². The van der Waals surface area contributed by atoms with Gasteiger partial charge in [0.25, 0.3) is 5.56 Å². The van der Waals surface area contributed by atoms with Crippen molar-refractivity contribution in [3.05, 3.63) is 52.2 Å². The van der Waals surface area contributed by atoms with E-state index in [0.717, 1.165) is 42.5 Å². The van der Waals surface area contributed by atoms with Gasteiger partial charge >= 0.3 is 0 Å². The SMILES string of the molecule is Cc1nnc2ccc(N3CC(N(C)Cc4ccn(C)c(=O)c4)C3)nn12. The monoisotopic (exact) mass is 339 g/mol. The first-order valence-electron chi connectivity index (χ1n) is 8.31. The van der Waals surface area contributed by atoms with Gasteiger partial charge in [-0.05, 0) is 37.7 Å². The molecule has 0 saturated carbocycles. The highest BCUT2D eigenvalue weighted by molar-refractivity contribution is 5.47. The first-order valence-corrected chi connectivity index (χ1v) is 8.31. The Bertz CT molecular complexity index is 971. The van der Waals surface area contributed by atoms with Gasteiger partial charge in [-0.15, -0.1) is 15.3 Å². The zero-order valence-electron chi connectivity index (χ0n) is 14.6. The van der Waals surface area contributed by atoms with E-state index in [2.05, 4.69) is 32.1 Å². The van der Waals surface area contributed by atoms with Crippen molar-refractivity contribution in [2.75, 3.05) is 25.0 Å². The van der Waals surface area contributed by atoms with Crippen LogP contribution in [-0.4, -0.2) is 55.5 Å². The van der Waals surface area contributed by atoms with Gasteiger partial charge in [0.1, 0.15) is 5.82 Å². The fourth-order valence-corrected chi connectivity index (χ4v) is 3.08. The summed E-state index contributed by atoms with van der Waals surface area (Å²) in [5.74, 6) is 1.73. The van der Waals surface area contributed by atoms with E-state index in [9.17, 15) is 4.79 Å². The largest absolute Gasteiger partial charge is 0.352 e. The quantitative estimate of drug-likeness (QED) is 0.687. The van der Waals surface area contributed by atoms with Gasteiger partial charge in [0, 0.05) is 45.0 Å². The lowest BCUT2D eigenvalue weighted by Gasteiger charge is -2.44. The number of pyridine rings is 1. The number of likely N-dealkylation sites (N-methyl/N-ethyl adjacent to an activating group) is 1. The number of hydrogen-bond donors (Lipinski definition) is 0. The minimum atomic E-state index is 0.0305. The van der Waals surface area contributed by atoms with Crippen LogP contribution in [0.1, 0.15) is 11.4 Å². The fraction of sp³-hybridized carbons (Fsp3) is 0.412. The molecule has 0 aliphatic carbocycles. The van der Waals surface area contributed by atoms with Crippen molar-refractivity contribution in [3.63, 3.8) is 0 Å². The van der Waals surface area contributed by atoms with E-state index in [1.54, 1.807) is 22.2 Å². The highest BCUT2D eigenvalue weighted by atomic mass is 16.1. The average Bonchev–Trinajstić information content (AvgIpc) is 2.91. The Morgan fingerprint density at radius 3 is 2.80 bits per heavy atom. The molecule has 1 aliphatic rings. The molecule has 0 aromatic carbocycles. The van der Waals surface area contributed by atoms with Crippen LogP contribution in [0, 0.1) is 6.92 Å². The summed E-state index contributed by atoms with van der Waals surface area (Å²) < 4.78 is 3.36. The van der Waals surface area contributed by atoms with Gasteiger partial charge in [-0.2, -0.15) is 4.52 Å². The molecule has 3 aromatic heterocycles. The third-order valence-electron chi connectivity index (χ3n) is 4.81. The van der Waals surface area contributed by atoms with Crippen LogP contribution in [0.2, 0.25) is 0 Å². The molecule has 0 unspecified atom stereocenters. The second-order valence-corrected chi connectivity index (χ2v) is 6.67. The molecule has 1 aliphatic heterocycles. The minimum absolute atomic E-state index is 0.0305. The Hall–Kier alpha value is -2.74. The van der Waals surface area contributed by atoms with Crippen LogP contribution < -0.4 is 10.5 Å². The predicted molar refractivity (Wildman–Crippen MR) is 94.7 cm³/mol. The maximum Gasteiger partial charge on any atom is 0.250 e. The molecule has 8 heteroatoms. The Morgan fingerprint density at radius 1 is 1.24 bits per heavy atom. The van der Waals surface area contributed by atoms with E-state index < -0.39 is 0 Å². The first-order chi connectivity index (χ1) is 12.0. The zero-order chi connectivity index (χ0) is 17.6. The maximum absolute atomic E-state index is 11.7. The van der Waals surface area contributed by atoms with Crippen molar-refractivity contribution < 1.29 is 0 Å². The molecule has 8 nitrogen and oxygen atoms in total. The van der Waals surface area contributed by atoms with E-state index in [1.165, 1.54) is 0 Å². The number of nitrogens with zero attached hydrogens (tertiary/aromatic N) is 7. The van der Waals surface area contributed by atoms with E-state index in [4.69, 9.17) is 0 Å². The molecular weight excluding hydrogens is 318 g/mol. The summed E-state index contributed by atoms with van der Waals surface area (Å²) in [4.78, 5) is 16.3. The molecule has 1 saturated heterocycles. The van der Waals surface area contributed by atoms with Crippen molar-refractivity contribution >= 4 is 11.5 Å². The summed E-state index contributed by atoms with van der Waals surface area (Å²) in [6.45, 7) is 4.50. The second-order valence-electron chi connectivity index (χ2n) is 6.67. The Kier molecular flexibility index (Phi) is 3.76. The molecule has 0 radical (unpaired) electrons. The van der Waals surface area contributed by atoms with Crippen LogP contribution in [0.25, 0.3) is 5.65 Å². The van der Waals surface area contributed by atoms with Crippen LogP contribution in [-0.2, 0) is 13.6 Å². The highest BCUT2D eigenvalue weighted by Crippen LogP contribution is 2.22. The summed E-state index contributed by atoms with van der Waals surface area (Å²) in [5, 5.41) is 12.7. The number of rotatable bonds is 4. The third kappa shape index (κ3) is 2.89. The first kappa shape index (κ1) is 15.8. The van der Waals surface area contributed by atoms with Gasteiger partial charge in [0.2, 0.25) is 0 Å². The number of hydrogen-bond acceptors (Lipinski definition) is 6. The van der Waals surface area contributed by atoms with Crippen molar-refractivity contribution in [1.82, 2.24) is 29.3 Å². The number of aromatic nitrogens is 5. The van der Waals surface area contributed by atoms with Gasteiger partial charge in [-0.25, -0.2) is 0 Å². The lowest BCUT2D eigenvalue weighted by molar-refractivity contribution is 0.196. The Labute approximate surface area is 145 Å². The topological polar surface area (TPSA) is 71.6 Å². The lowest BCUT2D eigenvalue weighted by Crippen LogP contribution is -2.58. The van der Waals surface area contributed by atoms with Crippen molar-refractivity contribution in [1.29, 1.82) is 0 Å². The van der Waals surface area contributed by atoms with E-state index in [-0.39, 0.29) is 5.56 Å². The second kappa shape index (κ2) is 5.96. The molecule has 1 fully saturated rings. The highest BCUT2D eigenvalue weighted by Gasteiger charge is 2.31. The van der Waals surface area contributed by atoms with Crippen LogP contribution in [0.5, 0.6) is 0 Å². The van der Waals surface area contributed by atoms with Gasteiger partial charge < -0.3 is 9.47 Å². The standard InChI is InChI=1S/C17H21N7O/c1-12-18-19-15-4-5-16(20-24(12)15)23-10-14(11-23)22(3)9-13-6-7-21(2)17(25)8-13/h4-8,14H,9-11H2,1-3H3. The molecular formula is C17H21N7O. The maximum atomic E-state index is 11.7. The summed E-state index contributed by atoms with van der Waals surface area (Å²) in [6.07, 6.45) is 1.82. The molecule has 3 aromatic rings. The predicted octanol–water partition coefficient (Wildman–Crippen LogP) is 0.452. The molecule has 25 heavy (non-hydrogen) atoms. The van der Waals surface area contributed by atoms with E-state index in [1.807, 2.05) is 31.3 Å². The van der Waals surface area contributed by atoms with Crippen molar-refractivity contribution in [3.8, 4) is 0 Å². The van der Waals surface area contributed by atoms with E-state index in [0.29, 0.717) is 6.04 Å².